The first-order chi connectivity index (χ1) is 9.52. The van der Waals surface area contributed by atoms with Gasteiger partial charge in [0.25, 0.3) is 0 Å². The molecule has 0 saturated carbocycles. The van der Waals surface area contributed by atoms with E-state index in [1.165, 1.54) is 5.56 Å². The van der Waals surface area contributed by atoms with Crippen LogP contribution in [0.3, 0.4) is 0 Å². The summed E-state index contributed by atoms with van der Waals surface area (Å²) >= 11 is 0. The zero-order valence-electron chi connectivity index (χ0n) is 12.9. The predicted octanol–water partition coefficient (Wildman–Crippen LogP) is 2.99. The molecule has 1 heterocycles. The number of amides is 1. The van der Waals surface area contributed by atoms with Crippen LogP contribution in [-0.2, 0) is 4.79 Å². The number of hydrogen-bond donors (Lipinski definition) is 1. The van der Waals surface area contributed by atoms with E-state index in [1.54, 1.807) is 0 Å². The van der Waals surface area contributed by atoms with Crippen molar-refractivity contribution in [1.29, 1.82) is 0 Å². The van der Waals surface area contributed by atoms with E-state index < -0.39 is 0 Å². The fraction of sp³-hybridized carbons (Fsp3) is 0.588. The third-order valence-electron chi connectivity index (χ3n) is 4.38. The molecule has 1 N–H and O–H groups in total. The Labute approximate surface area is 122 Å². The maximum absolute atomic E-state index is 12.3. The molecule has 1 amide bonds. The Balaban J connectivity index is 2.05. The lowest BCUT2D eigenvalue weighted by molar-refractivity contribution is -0.131. The summed E-state index contributed by atoms with van der Waals surface area (Å²) in [6, 6.07) is 10.6. The molecule has 0 aromatic heterocycles. The van der Waals surface area contributed by atoms with Crippen molar-refractivity contribution >= 4 is 5.91 Å². The highest BCUT2D eigenvalue weighted by Gasteiger charge is 2.28. The molecule has 20 heavy (non-hydrogen) atoms. The lowest BCUT2D eigenvalue weighted by Crippen LogP contribution is -2.38. The molecule has 0 aliphatic carbocycles. The van der Waals surface area contributed by atoms with Gasteiger partial charge in [-0.1, -0.05) is 44.2 Å². The number of rotatable bonds is 4. The third kappa shape index (κ3) is 3.83. The van der Waals surface area contributed by atoms with Crippen molar-refractivity contribution in [2.75, 3.05) is 20.1 Å². The van der Waals surface area contributed by atoms with Gasteiger partial charge in [0.05, 0.1) is 0 Å². The van der Waals surface area contributed by atoms with Gasteiger partial charge in [0.15, 0.2) is 0 Å². The predicted molar refractivity (Wildman–Crippen MR) is 82.5 cm³/mol. The molecule has 1 saturated heterocycles. The number of carbonyl (C=O) groups is 1. The average molecular weight is 274 g/mol. The van der Waals surface area contributed by atoms with Crippen molar-refractivity contribution < 1.29 is 4.79 Å². The standard InChI is InChI=1S/C17H26N2O/c1-17(2)10-9-16(20)19(12-11-17)13-15(18-3)14-7-5-4-6-8-14/h4-8,15,18H,9-13H2,1-3H3. The van der Waals surface area contributed by atoms with Crippen LogP contribution < -0.4 is 5.32 Å². The van der Waals surface area contributed by atoms with Gasteiger partial charge in [-0.3, -0.25) is 4.79 Å². The smallest absolute Gasteiger partial charge is 0.222 e. The van der Waals surface area contributed by atoms with E-state index in [4.69, 9.17) is 0 Å². The zero-order valence-corrected chi connectivity index (χ0v) is 12.9. The summed E-state index contributed by atoms with van der Waals surface area (Å²) in [6.45, 7) is 6.15. The molecule has 1 fully saturated rings. The summed E-state index contributed by atoms with van der Waals surface area (Å²) in [5, 5.41) is 3.33. The van der Waals surface area contributed by atoms with Gasteiger partial charge >= 0.3 is 0 Å². The van der Waals surface area contributed by atoms with E-state index in [9.17, 15) is 4.79 Å². The number of carbonyl (C=O) groups excluding carboxylic acids is 1. The second-order valence-corrected chi connectivity index (χ2v) is 6.51. The minimum Gasteiger partial charge on any atom is -0.341 e. The lowest BCUT2D eigenvalue weighted by atomic mass is 9.85. The number of nitrogens with one attached hydrogen (secondary N) is 1. The molecule has 0 bridgehead atoms. The highest BCUT2D eigenvalue weighted by molar-refractivity contribution is 5.76. The van der Waals surface area contributed by atoms with Gasteiger partial charge in [0.2, 0.25) is 5.91 Å². The second kappa shape index (κ2) is 6.40. The van der Waals surface area contributed by atoms with Crippen molar-refractivity contribution in [3.05, 3.63) is 35.9 Å². The van der Waals surface area contributed by atoms with E-state index in [0.29, 0.717) is 12.3 Å². The fourth-order valence-electron chi connectivity index (χ4n) is 2.75. The van der Waals surface area contributed by atoms with Crippen molar-refractivity contribution in [1.82, 2.24) is 10.2 Å². The Hall–Kier alpha value is -1.35. The average Bonchev–Trinajstić information content (AvgIpc) is 2.58. The summed E-state index contributed by atoms with van der Waals surface area (Å²) in [6.07, 6.45) is 2.76. The van der Waals surface area contributed by atoms with Crippen molar-refractivity contribution in [2.24, 2.45) is 5.41 Å². The molecular weight excluding hydrogens is 248 g/mol. The Morgan fingerprint density at radius 2 is 1.95 bits per heavy atom. The Morgan fingerprint density at radius 1 is 1.25 bits per heavy atom. The topological polar surface area (TPSA) is 32.3 Å². The molecule has 0 spiro atoms. The minimum absolute atomic E-state index is 0.210. The lowest BCUT2D eigenvalue weighted by Gasteiger charge is -2.27. The van der Waals surface area contributed by atoms with Crippen LogP contribution in [0, 0.1) is 5.41 Å². The molecule has 1 aromatic rings. The number of likely N-dealkylation sites (tertiary alicyclic amines) is 1. The van der Waals surface area contributed by atoms with Gasteiger partial charge < -0.3 is 10.2 Å². The molecule has 0 radical (unpaired) electrons. The monoisotopic (exact) mass is 274 g/mol. The molecule has 1 atom stereocenters. The summed E-state index contributed by atoms with van der Waals surface area (Å²) in [4.78, 5) is 14.3. The van der Waals surface area contributed by atoms with Crippen LogP contribution in [0.5, 0.6) is 0 Å². The summed E-state index contributed by atoms with van der Waals surface area (Å²) in [5.74, 6) is 0.298. The Bertz CT molecular complexity index is 442. The van der Waals surface area contributed by atoms with E-state index in [-0.39, 0.29) is 11.5 Å². The third-order valence-corrected chi connectivity index (χ3v) is 4.38. The molecule has 1 unspecified atom stereocenters. The first-order valence-electron chi connectivity index (χ1n) is 7.52. The summed E-state index contributed by atoms with van der Waals surface area (Å²) in [7, 11) is 1.96. The Morgan fingerprint density at radius 3 is 2.60 bits per heavy atom. The molecule has 2 rings (SSSR count). The number of benzene rings is 1. The van der Waals surface area contributed by atoms with Gasteiger partial charge in [-0.05, 0) is 30.9 Å². The molecule has 1 aliphatic heterocycles. The van der Waals surface area contributed by atoms with Crippen LogP contribution in [0.2, 0.25) is 0 Å². The van der Waals surface area contributed by atoms with Crippen LogP contribution in [-0.4, -0.2) is 30.9 Å². The van der Waals surface area contributed by atoms with Gasteiger partial charge in [0, 0.05) is 25.6 Å². The number of hydrogen-bond acceptors (Lipinski definition) is 2. The van der Waals surface area contributed by atoms with Gasteiger partial charge in [-0.2, -0.15) is 0 Å². The van der Waals surface area contributed by atoms with Crippen molar-refractivity contribution in [2.45, 2.75) is 39.2 Å². The molecule has 110 valence electrons. The highest BCUT2D eigenvalue weighted by atomic mass is 16.2. The van der Waals surface area contributed by atoms with Gasteiger partial charge in [0.1, 0.15) is 0 Å². The first kappa shape index (κ1) is 15.0. The van der Waals surface area contributed by atoms with Crippen LogP contribution in [0.25, 0.3) is 0 Å². The molecular formula is C17H26N2O. The van der Waals surface area contributed by atoms with Gasteiger partial charge in [-0.15, -0.1) is 0 Å². The van der Waals surface area contributed by atoms with Crippen LogP contribution in [0.1, 0.15) is 44.7 Å². The minimum atomic E-state index is 0.210. The first-order valence-corrected chi connectivity index (χ1v) is 7.52. The van der Waals surface area contributed by atoms with Crippen molar-refractivity contribution in [3.63, 3.8) is 0 Å². The Kier molecular flexibility index (Phi) is 4.81. The van der Waals surface area contributed by atoms with Crippen molar-refractivity contribution in [3.8, 4) is 0 Å². The number of likely N-dealkylation sites (N-methyl/N-ethyl adjacent to an activating group) is 1. The molecule has 3 nitrogen and oxygen atoms in total. The SMILES string of the molecule is CNC(CN1CCC(C)(C)CCC1=O)c1ccccc1. The van der Waals surface area contributed by atoms with E-state index >= 15 is 0 Å². The quantitative estimate of drug-likeness (QED) is 0.915. The summed E-state index contributed by atoms with van der Waals surface area (Å²) < 4.78 is 0. The summed E-state index contributed by atoms with van der Waals surface area (Å²) in [5.41, 5.74) is 1.53. The highest BCUT2D eigenvalue weighted by Crippen LogP contribution is 2.30. The van der Waals surface area contributed by atoms with Crippen LogP contribution >= 0.6 is 0 Å². The second-order valence-electron chi connectivity index (χ2n) is 6.51. The van der Waals surface area contributed by atoms with Crippen LogP contribution in [0.15, 0.2) is 30.3 Å². The largest absolute Gasteiger partial charge is 0.341 e. The maximum Gasteiger partial charge on any atom is 0.222 e. The molecule has 1 aromatic carbocycles. The van der Waals surface area contributed by atoms with E-state index in [0.717, 1.165) is 25.9 Å². The van der Waals surface area contributed by atoms with Crippen LogP contribution in [0.4, 0.5) is 0 Å². The molecule has 3 heteroatoms. The van der Waals surface area contributed by atoms with Gasteiger partial charge in [-0.25, -0.2) is 0 Å². The van der Waals surface area contributed by atoms with E-state index in [2.05, 4.69) is 31.3 Å². The fourth-order valence-corrected chi connectivity index (χ4v) is 2.75. The normalized spacial score (nSPS) is 20.6. The maximum atomic E-state index is 12.3. The zero-order chi connectivity index (χ0) is 14.6. The number of nitrogens with zero attached hydrogens (tertiary/aromatic N) is 1. The molecule has 1 aliphatic rings. The van der Waals surface area contributed by atoms with E-state index in [1.807, 2.05) is 30.1 Å².